The minimum atomic E-state index is 0.396. The molecule has 0 radical (unpaired) electrons. The van der Waals surface area contributed by atoms with Gasteiger partial charge in [-0.1, -0.05) is 15.9 Å². The van der Waals surface area contributed by atoms with Crippen LogP contribution in [-0.4, -0.2) is 32.4 Å². The van der Waals surface area contributed by atoms with E-state index in [2.05, 4.69) is 22.0 Å². The molecular formula is C14H19BrO3S. The Balaban J connectivity index is 2.65. The molecule has 1 aromatic carbocycles. The average Bonchev–Trinajstić information content (AvgIpc) is 2.66. The highest BCUT2D eigenvalue weighted by Gasteiger charge is 2.27. The van der Waals surface area contributed by atoms with E-state index in [4.69, 9.17) is 14.2 Å². The number of rotatable bonds is 4. The molecule has 0 N–H and O–H groups in total. The van der Waals surface area contributed by atoms with E-state index < -0.39 is 0 Å². The average molecular weight is 347 g/mol. The van der Waals surface area contributed by atoms with Crippen LogP contribution in [0.15, 0.2) is 6.07 Å². The standard InChI is InChI=1S/C14H19BrO3S/c1-16-10-7-9-5-4-6-19-11(8-15)12(9)14(18-3)13(10)17-2/h7,11H,4-6,8H2,1-3H3. The Morgan fingerprint density at radius 2 is 1.95 bits per heavy atom. The number of ether oxygens (including phenoxy) is 3. The smallest absolute Gasteiger partial charge is 0.203 e. The van der Waals surface area contributed by atoms with Gasteiger partial charge in [0.05, 0.1) is 21.3 Å². The number of halogens is 1. The van der Waals surface area contributed by atoms with E-state index in [1.807, 2.05) is 11.8 Å². The van der Waals surface area contributed by atoms with Gasteiger partial charge in [0.2, 0.25) is 5.75 Å². The molecule has 0 aromatic heterocycles. The first kappa shape index (κ1) is 14.9. The maximum absolute atomic E-state index is 5.63. The van der Waals surface area contributed by atoms with E-state index in [1.54, 1.807) is 21.3 Å². The number of aryl methyl sites for hydroxylation is 1. The number of alkyl halides is 1. The van der Waals surface area contributed by atoms with Gasteiger partial charge in [-0.3, -0.25) is 0 Å². The summed E-state index contributed by atoms with van der Waals surface area (Å²) >= 11 is 5.58. The third kappa shape index (κ3) is 2.82. The Morgan fingerprint density at radius 3 is 2.53 bits per heavy atom. The van der Waals surface area contributed by atoms with Crippen molar-refractivity contribution in [1.29, 1.82) is 0 Å². The first-order valence-electron chi connectivity index (χ1n) is 6.26. The van der Waals surface area contributed by atoms with Gasteiger partial charge >= 0.3 is 0 Å². The number of methoxy groups -OCH3 is 3. The van der Waals surface area contributed by atoms with E-state index in [9.17, 15) is 0 Å². The van der Waals surface area contributed by atoms with Crippen molar-refractivity contribution in [3.05, 3.63) is 17.2 Å². The van der Waals surface area contributed by atoms with Crippen molar-refractivity contribution >= 4 is 27.7 Å². The van der Waals surface area contributed by atoms with Crippen LogP contribution in [0.3, 0.4) is 0 Å². The molecule has 5 heteroatoms. The number of thioether (sulfide) groups is 1. The van der Waals surface area contributed by atoms with Crippen LogP contribution in [0.25, 0.3) is 0 Å². The van der Waals surface area contributed by atoms with Crippen LogP contribution in [-0.2, 0) is 6.42 Å². The van der Waals surface area contributed by atoms with E-state index in [-0.39, 0.29) is 0 Å². The molecule has 3 nitrogen and oxygen atoms in total. The Labute approximate surface area is 127 Å². The van der Waals surface area contributed by atoms with Crippen LogP contribution in [0.4, 0.5) is 0 Å². The summed E-state index contributed by atoms with van der Waals surface area (Å²) in [6, 6.07) is 2.10. The summed E-state index contributed by atoms with van der Waals surface area (Å²) < 4.78 is 16.5. The Kier molecular flexibility index (Phi) is 5.28. The van der Waals surface area contributed by atoms with Gasteiger partial charge in [0, 0.05) is 16.1 Å². The first-order valence-corrected chi connectivity index (χ1v) is 8.43. The summed E-state index contributed by atoms with van der Waals surface area (Å²) in [5.74, 6) is 3.42. The molecule has 0 amide bonds. The summed E-state index contributed by atoms with van der Waals surface area (Å²) in [5.41, 5.74) is 2.56. The molecular weight excluding hydrogens is 328 g/mol. The Hall–Kier alpha value is -0.550. The van der Waals surface area contributed by atoms with Crippen LogP contribution < -0.4 is 14.2 Å². The molecule has 0 aliphatic carbocycles. The van der Waals surface area contributed by atoms with E-state index in [1.165, 1.54) is 23.3 Å². The predicted molar refractivity (Wildman–Crippen MR) is 83.4 cm³/mol. The topological polar surface area (TPSA) is 27.7 Å². The Bertz CT molecular complexity index is 451. The largest absolute Gasteiger partial charge is 0.493 e. The van der Waals surface area contributed by atoms with Crippen molar-refractivity contribution in [1.82, 2.24) is 0 Å². The third-order valence-corrected chi connectivity index (χ3v) is 5.73. The maximum atomic E-state index is 5.63. The van der Waals surface area contributed by atoms with Crippen molar-refractivity contribution < 1.29 is 14.2 Å². The molecule has 0 saturated heterocycles. The second kappa shape index (κ2) is 6.75. The molecule has 0 fully saturated rings. The molecule has 106 valence electrons. The lowest BCUT2D eigenvalue weighted by atomic mass is 9.98. The minimum absolute atomic E-state index is 0.396. The minimum Gasteiger partial charge on any atom is -0.493 e. The van der Waals surface area contributed by atoms with Crippen molar-refractivity contribution in [3.8, 4) is 17.2 Å². The zero-order valence-corrected chi connectivity index (χ0v) is 13.9. The molecule has 1 aliphatic rings. The highest BCUT2D eigenvalue weighted by Crippen LogP contribution is 2.49. The van der Waals surface area contributed by atoms with Crippen LogP contribution in [0.2, 0.25) is 0 Å². The van der Waals surface area contributed by atoms with Crippen LogP contribution in [0.5, 0.6) is 17.2 Å². The zero-order chi connectivity index (χ0) is 13.8. The summed E-state index contributed by atoms with van der Waals surface area (Å²) in [6.07, 6.45) is 2.24. The van der Waals surface area contributed by atoms with Gasteiger partial charge in [-0.15, -0.1) is 0 Å². The fraction of sp³-hybridized carbons (Fsp3) is 0.571. The lowest BCUT2D eigenvalue weighted by molar-refractivity contribution is 0.321. The van der Waals surface area contributed by atoms with Crippen LogP contribution in [0, 0.1) is 0 Å². The van der Waals surface area contributed by atoms with Gasteiger partial charge in [0.1, 0.15) is 0 Å². The molecule has 0 bridgehead atoms. The summed E-state index contributed by atoms with van der Waals surface area (Å²) in [6.45, 7) is 0. The second-order valence-corrected chi connectivity index (χ2v) is 6.29. The predicted octanol–water partition coefficient (Wildman–Crippen LogP) is 3.83. The highest BCUT2D eigenvalue weighted by atomic mass is 79.9. The molecule has 19 heavy (non-hydrogen) atoms. The molecule has 1 heterocycles. The highest BCUT2D eigenvalue weighted by molar-refractivity contribution is 9.09. The number of fused-ring (bicyclic) bond motifs is 1. The van der Waals surface area contributed by atoms with E-state index in [0.717, 1.165) is 23.2 Å². The number of benzene rings is 1. The molecule has 1 unspecified atom stereocenters. The second-order valence-electron chi connectivity index (χ2n) is 4.34. The van der Waals surface area contributed by atoms with Gasteiger partial charge in [0.15, 0.2) is 11.5 Å². The first-order chi connectivity index (χ1) is 9.26. The molecule has 0 saturated carbocycles. The Morgan fingerprint density at radius 1 is 1.21 bits per heavy atom. The van der Waals surface area contributed by atoms with Crippen molar-refractivity contribution in [3.63, 3.8) is 0 Å². The summed E-state index contributed by atoms with van der Waals surface area (Å²) in [5, 5.41) is 1.31. The van der Waals surface area contributed by atoms with E-state index >= 15 is 0 Å². The molecule has 1 atom stereocenters. The zero-order valence-electron chi connectivity index (χ0n) is 11.5. The van der Waals surface area contributed by atoms with Crippen molar-refractivity contribution in [2.24, 2.45) is 0 Å². The van der Waals surface area contributed by atoms with Gasteiger partial charge in [-0.2, -0.15) is 11.8 Å². The normalized spacial score (nSPS) is 18.4. The van der Waals surface area contributed by atoms with Gasteiger partial charge < -0.3 is 14.2 Å². The van der Waals surface area contributed by atoms with Gasteiger partial charge in [-0.05, 0) is 30.2 Å². The number of hydrogen-bond donors (Lipinski definition) is 0. The third-order valence-electron chi connectivity index (χ3n) is 3.33. The molecule has 2 rings (SSSR count). The summed E-state index contributed by atoms with van der Waals surface area (Å²) in [7, 11) is 5.01. The number of hydrogen-bond acceptors (Lipinski definition) is 4. The van der Waals surface area contributed by atoms with Crippen molar-refractivity contribution in [2.45, 2.75) is 18.1 Å². The lowest BCUT2D eigenvalue weighted by Gasteiger charge is -2.22. The monoisotopic (exact) mass is 346 g/mol. The van der Waals surface area contributed by atoms with Crippen molar-refractivity contribution in [2.75, 3.05) is 32.4 Å². The van der Waals surface area contributed by atoms with E-state index in [0.29, 0.717) is 11.0 Å². The molecule has 1 aromatic rings. The molecule has 1 aliphatic heterocycles. The van der Waals surface area contributed by atoms with Gasteiger partial charge in [-0.25, -0.2) is 0 Å². The quantitative estimate of drug-likeness (QED) is 0.774. The summed E-state index contributed by atoms with van der Waals surface area (Å²) in [4.78, 5) is 0. The fourth-order valence-corrected chi connectivity index (χ4v) is 4.48. The fourth-order valence-electron chi connectivity index (χ4n) is 2.48. The molecule has 0 spiro atoms. The van der Waals surface area contributed by atoms with Crippen LogP contribution >= 0.6 is 27.7 Å². The van der Waals surface area contributed by atoms with Crippen LogP contribution in [0.1, 0.15) is 22.8 Å². The lowest BCUT2D eigenvalue weighted by Crippen LogP contribution is -2.05. The van der Waals surface area contributed by atoms with Gasteiger partial charge in [0.25, 0.3) is 0 Å². The maximum Gasteiger partial charge on any atom is 0.203 e. The SMILES string of the molecule is COc1cc2c(c(OC)c1OC)C(CBr)SCCC2.